The zero-order valence-corrected chi connectivity index (χ0v) is 25.1. The van der Waals surface area contributed by atoms with E-state index >= 15 is 0 Å². The van der Waals surface area contributed by atoms with Gasteiger partial charge in [-0.2, -0.15) is 9.41 Å². The summed E-state index contributed by atoms with van der Waals surface area (Å²) >= 11 is 11.9. The van der Waals surface area contributed by atoms with Crippen molar-refractivity contribution < 1.29 is 22.4 Å². The fraction of sp³-hybridized carbons (Fsp3) is 0.167. The maximum Gasteiger partial charge on any atom is 0.329 e. The van der Waals surface area contributed by atoms with Crippen molar-refractivity contribution in [1.82, 2.24) is 9.73 Å². The summed E-state index contributed by atoms with van der Waals surface area (Å²) in [4.78, 5) is 24.4. The Balaban J connectivity index is 1.41. The topological polar surface area (TPSA) is 121 Å². The summed E-state index contributed by atoms with van der Waals surface area (Å²) in [6, 6.07) is 23.1. The Morgan fingerprint density at radius 2 is 1.48 bits per heavy atom. The van der Waals surface area contributed by atoms with Gasteiger partial charge in [0.2, 0.25) is 10.0 Å². The van der Waals surface area contributed by atoms with E-state index in [4.69, 9.17) is 27.6 Å². The molecule has 0 saturated heterocycles. The smallest absolute Gasteiger partial charge is 0.329 e. The van der Waals surface area contributed by atoms with Crippen LogP contribution in [0, 0.1) is 0 Å². The molecule has 42 heavy (non-hydrogen) atoms. The first-order chi connectivity index (χ1) is 20.0. The molecule has 4 aromatic rings. The Bertz CT molecular complexity index is 1670. The van der Waals surface area contributed by atoms with Gasteiger partial charge in [-0.1, -0.05) is 61.3 Å². The Hall–Kier alpha value is -3.96. The van der Waals surface area contributed by atoms with E-state index < -0.39 is 21.8 Å². The normalized spacial score (nSPS) is 11.8. The number of rotatable bonds is 10. The summed E-state index contributed by atoms with van der Waals surface area (Å²) in [6.07, 6.45) is 1.21. The van der Waals surface area contributed by atoms with E-state index in [2.05, 4.69) is 29.7 Å². The summed E-state index contributed by atoms with van der Waals surface area (Å²) in [5, 5.41) is 7.24. The fourth-order valence-electron chi connectivity index (χ4n) is 3.84. The summed E-state index contributed by atoms with van der Waals surface area (Å²) in [7, 11) is -3.94. The number of carbonyl (C=O) groups is 2. The van der Waals surface area contributed by atoms with Gasteiger partial charge in [-0.05, 0) is 77.7 Å². The van der Waals surface area contributed by atoms with Crippen molar-refractivity contribution in [3.63, 3.8) is 0 Å². The molecule has 0 radical (unpaired) electrons. The van der Waals surface area contributed by atoms with Crippen LogP contribution in [0.2, 0.25) is 10.0 Å². The van der Waals surface area contributed by atoms with Crippen LogP contribution in [0.25, 0.3) is 0 Å². The summed E-state index contributed by atoms with van der Waals surface area (Å²) in [5.41, 5.74) is 4.46. The van der Waals surface area contributed by atoms with Crippen LogP contribution in [0.4, 0.5) is 5.69 Å². The molecular formula is C30H28Cl2N4O5S. The van der Waals surface area contributed by atoms with Crippen molar-refractivity contribution in [3.05, 3.63) is 118 Å². The molecule has 0 bridgehead atoms. The highest BCUT2D eigenvalue weighted by Gasteiger charge is 2.26. The number of furan rings is 1. The van der Waals surface area contributed by atoms with E-state index in [1.165, 1.54) is 34.8 Å². The molecule has 2 amide bonds. The number of nitrogens with one attached hydrogen (secondary N) is 2. The van der Waals surface area contributed by atoms with Gasteiger partial charge in [-0.25, -0.2) is 13.8 Å². The number of hydrogen-bond acceptors (Lipinski definition) is 6. The number of sulfonamides is 1. The van der Waals surface area contributed by atoms with Crippen LogP contribution in [0.5, 0.6) is 0 Å². The Morgan fingerprint density at radius 1 is 0.857 bits per heavy atom. The van der Waals surface area contributed by atoms with Gasteiger partial charge in [0.05, 0.1) is 17.7 Å². The van der Waals surface area contributed by atoms with Gasteiger partial charge in [0, 0.05) is 22.3 Å². The molecule has 9 nitrogen and oxygen atoms in total. The molecule has 218 valence electrons. The first-order valence-electron chi connectivity index (χ1n) is 12.8. The third kappa shape index (κ3) is 8.29. The van der Waals surface area contributed by atoms with Crippen molar-refractivity contribution >= 4 is 56.9 Å². The van der Waals surface area contributed by atoms with Crippen LogP contribution in [0.3, 0.4) is 0 Å². The monoisotopic (exact) mass is 626 g/mol. The van der Waals surface area contributed by atoms with Crippen LogP contribution >= 0.6 is 23.2 Å². The molecule has 0 unspecified atom stereocenters. The van der Waals surface area contributed by atoms with Crippen LogP contribution in [-0.4, -0.2) is 30.8 Å². The van der Waals surface area contributed by atoms with E-state index in [0.29, 0.717) is 27.4 Å². The van der Waals surface area contributed by atoms with Gasteiger partial charge in [-0.15, -0.1) is 0 Å². The van der Waals surface area contributed by atoms with Crippen LogP contribution in [0.1, 0.15) is 42.4 Å². The van der Waals surface area contributed by atoms with E-state index in [-0.39, 0.29) is 23.7 Å². The Kier molecular flexibility index (Phi) is 10.2. The first kappa shape index (κ1) is 31.0. The Labute approximate surface area is 254 Å². The lowest BCUT2D eigenvalue weighted by molar-refractivity contribution is -0.136. The number of amides is 2. The lowest BCUT2D eigenvalue weighted by Gasteiger charge is -2.21. The summed E-state index contributed by atoms with van der Waals surface area (Å²) in [5.74, 6) is -0.930. The van der Waals surface area contributed by atoms with Gasteiger partial charge in [-0.3, -0.25) is 9.59 Å². The molecule has 2 N–H and O–H groups in total. The highest BCUT2D eigenvalue weighted by molar-refractivity contribution is 7.89. The van der Waals surface area contributed by atoms with Gasteiger partial charge in [0.15, 0.2) is 0 Å². The lowest BCUT2D eigenvalue weighted by atomic mass is 10.0. The molecule has 12 heteroatoms. The van der Waals surface area contributed by atoms with Crippen molar-refractivity contribution in [2.75, 3.05) is 5.32 Å². The van der Waals surface area contributed by atoms with E-state index in [9.17, 15) is 18.0 Å². The summed E-state index contributed by atoms with van der Waals surface area (Å²) in [6.45, 7) is 4.08. The molecule has 3 aromatic carbocycles. The van der Waals surface area contributed by atoms with Gasteiger partial charge in [0.25, 0.3) is 0 Å². The molecule has 0 fully saturated rings. The largest absolute Gasteiger partial charge is 0.459 e. The molecule has 0 saturated carbocycles. The minimum Gasteiger partial charge on any atom is -0.459 e. The van der Waals surface area contributed by atoms with Crippen LogP contribution in [-0.2, 0) is 32.7 Å². The zero-order valence-electron chi connectivity index (χ0n) is 22.8. The van der Waals surface area contributed by atoms with Crippen molar-refractivity contribution in [3.8, 4) is 0 Å². The molecule has 0 atom stereocenters. The highest BCUT2D eigenvalue weighted by atomic mass is 35.5. The number of hydrazone groups is 1. The molecule has 0 aliphatic carbocycles. The predicted octanol–water partition coefficient (Wildman–Crippen LogP) is 6.19. The Morgan fingerprint density at radius 3 is 2.10 bits per heavy atom. The van der Waals surface area contributed by atoms with E-state index in [1.807, 2.05) is 12.1 Å². The third-order valence-electron chi connectivity index (χ3n) is 6.14. The van der Waals surface area contributed by atoms with Crippen molar-refractivity contribution in [2.45, 2.75) is 37.8 Å². The summed E-state index contributed by atoms with van der Waals surface area (Å²) < 4.78 is 34.0. The maximum absolute atomic E-state index is 13.5. The van der Waals surface area contributed by atoms with Gasteiger partial charge in [0.1, 0.15) is 11.5 Å². The molecule has 1 heterocycles. The second-order valence-electron chi connectivity index (χ2n) is 9.59. The number of hydrogen-bond donors (Lipinski definition) is 2. The van der Waals surface area contributed by atoms with Gasteiger partial charge < -0.3 is 9.73 Å². The molecule has 0 spiro atoms. The number of halogens is 2. The molecule has 4 rings (SSSR count). The standard InChI is InChI=1S/C30H28Cl2N4O5S/c1-20(2)22-5-11-25(12-6-22)34-29(37)30(38)35-33-17-26-13-14-27(41-26)19-36(18-21-3-7-23(31)8-4-21)42(39,40)28-15-9-24(32)10-16-28/h3-17,20H,18-19H2,1-2H3,(H,34,37)(H,35,38)/b33-17+. The number of benzene rings is 3. The molecule has 1 aromatic heterocycles. The van der Waals surface area contributed by atoms with Gasteiger partial charge >= 0.3 is 11.8 Å². The second kappa shape index (κ2) is 13.8. The number of nitrogens with zero attached hydrogens (tertiary/aromatic N) is 2. The van der Waals surface area contributed by atoms with Crippen LogP contribution in [0.15, 0.2) is 99.3 Å². The predicted molar refractivity (Wildman–Crippen MR) is 163 cm³/mol. The minimum atomic E-state index is -3.94. The quantitative estimate of drug-likeness (QED) is 0.123. The van der Waals surface area contributed by atoms with Crippen molar-refractivity contribution in [2.24, 2.45) is 5.10 Å². The SMILES string of the molecule is CC(C)c1ccc(NC(=O)C(=O)N/N=C/c2ccc(CN(Cc3ccc(Cl)cc3)S(=O)(=O)c3ccc(Cl)cc3)o2)cc1. The lowest BCUT2D eigenvalue weighted by Crippen LogP contribution is -2.32. The second-order valence-corrected chi connectivity index (χ2v) is 12.4. The fourth-order valence-corrected chi connectivity index (χ4v) is 5.49. The van der Waals surface area contributed by atoms with Crippen LogP contribution < -0.4 is 10.7 Å². The average molecular weight is 628 g/mol. The molecule has 0 aliphatic heterocycles. The number of carbonyl (C=O) groups excluding carboxylic acids is 2. The molecule has 0 aliphatic rings. The number of anilines is 1. The zero-order chi connectivity index (χ0) is 30.3. The first-order valence-corrected chi connectivity index (χ1v) is 15.0. The van der Waals surface area contributed by atoms with E-state index in [1.54, 1.807) is 48.5 Å². The maximum atomic E-state index is 13.5. The van der Waals surface area contributed by atoms with E-state index in [0.717, 1.165) is 11.1 Å². The minimum absolute atomic E-state index is 0.0532. The highest BCUT2D eigenvalue weighted by Crippen LogP contribution is 2.24. The van der Waals surface area contributed by atoms with Crippen molar-refractivity contribution in [1.29, 1.82) is 0 Å². The molecular weight excluding hydrogens is 599 g/mol. The average Bonchev–Trinajstić information content (AvgIpc) is 3.41. The third-order valence-corrected chi connectivity index (χ3v) is 8.45.